The van der Waals surface area contributed by atoms with E-state index >= 15 is 0 Å². The molecule has 2 fully saturated rings. The molecular weight excluding hydrogens is 408 g/mol. The van der Waals surface area contributed by atoms with Crippen molar-refractivity contribution in [1.82, 2.24) is 9.80 Å². The van der Waals surface area contributed by atoms with E-state index in [1.54, 1.807) is 0 Å². The predicted octanol–water partition coefficient (Wildman–Crippen LogP) is 5.56. The third-order valence-corrected chi connectivity index (χ3v) is 8.14. The summed E-state index contributed by atoms with van der Waals surface area (Å²) in [6.45, 7) is 6.75. The fourth-order valence-electron chi connectivity index (χ4n) is 5.97. The van der Waals surface area contributed by atoms with E-state index in [4.69, 9.17) is 4.74 Å². The zero-order valence-electron chi connectivity index (χ0n) is 20.2. The standard InChI is InChI=1S/C29H40N2O2/c1-2-17-31(25-11-14-28-23(20-25)5-3-8-29(28)32)21-22-9-12-26(13-10-22)33-27-15-18-30(19-16-27)24-6-4-7-24/h3,5,8-10,12-13,24-25,27,32H,2,4,6-7,11,14-21H2,1H3/t25-/m0/s1. The molecule has 4 nitrogen and oxygen atoms in total. The first-order valence-electron chi connectivity index (χ1n) is 13.2. The second kappa shape index (κ2) is 10.5. The summed E-state index contributed by atoms with van der Waals surface area (Å²) in [5.74, 6) is 1.49. The molecule has 178 valence electrons. The second-order valence-electron chi connectivity index (χ2n) is 10.4. The van der Waals surface area contributed by atoms with Gasteiger partial charge in [0.15, 0.2) is 0 Å². The van der Waals surface area contributed by atoms with Crippen LogP contribution in [0.3, 0.4) is 0 Å². The van der Waals surface area contributed by atoms with Crippen LogP contribution in [-0.4, -0.2) is 52.7 Å². The van der Waals surface area contributed by atoms with Crippen LogP contribution in [-0.2, 0) is 19.4 Å². The summed E-state index contributed by atoms with van der Waals surface area (Å²) in [5.41, 5.74) is 3.84. The SMILES string of the molecule is CCCN(Cc1ccc(OC2CCN(C3CCC3)CC2)cc1)[C@H]1CCc2c(O)cccc2C1. The number of fused-ring (bicyclic) bond motifs is 1. The molecule has 0 spiro atoms. The highest BCUT2D eigenvalue weighted by molar-refractivity contribution is 5.41. The molecule has 5 rings (SSSR count). The maximum absolute atomic E-state index is 10.2. The fourth-order valence-corrected chi connectivity index (χ4v) is 5.97. The van der Waals surface area contributed by atoms with E-state index in [2.05, 4.69) is 47.1 Å². The zero-order valence-corrected chi connectivity index (χ0v) is 20.2. The Kier molecular flexibility index (Phi) is 7.22. The zero-order chi connectivity index (χ0) is 22.6. The van der Waals surface area contributed by atoms with Crippen molar-refractivity contribution >= 4 is 0 Å². The molecule has 1 saturated heterocycles. The van der Waals surface area contributed by atoms with Gasteiger partial charge in [-0.3, -0.25) is 4.90 Å². The number of likely N-dealkylation sites (tertiary alicyclic amines) is 1. The number of rotatable bonds is 8. The molecule has 2 aliphatic carbocycles. The molecule has 3 aliphatic rings. The van der Waals surface area contributed by atoms with E-state index in [9.17, 15) is 5.11 Å². The van der Waals surface area contributed by atoms with Crippen LogP contribution in [0.5, 0.6) is 11.5 Å². The minimum atomic E-state index is 0.363. The smallest absolute Gasteiger partial charge is 0.119 e. The number of hydrogen-bond acceptors (Lipinski definition) is 4. The summed E-state index contributed by atoms with van der Waals surface area (Å²) in [6, 6.07) is 16.2. The Morgan fingerprint density at radius 2 is 1.79 bits per heavy atom. The molecular formula is C29H40N2O2. The van der Waals surface area contributed by atoms with Crippen molar-refractivity contribution in [3.63, 3.8) is 0 Å². The van der Waals surface area contributed by atoms with Gasteiger partial charge in [-0.2, -0.15) is 0 Å². The number of phenols is 1. The molecule has 1 saturated carbocycles. The Hall–Kier alpha value is -2.04. The number of ether oxygens (including phenoxy) is 1. The van der Waals surface area contributed by atoms with Crippen LogP contribution >= 0.6 is 0 Å². The van der Waals surface area contributed by atoms with Gasteiger partial charge in [0.1, 0.15) is 17.6 Å². The van der Waals surface area contributed by atoms with Crippen molar-refractivity contribution in [3.8, 4) is 11.5 Å². The Bertz CT molecular complexity index is 900. The summed E-state index contributed by atoms with van der Waals surface area (Å²) < 4.78 is 6.35. The lowest BCUT2D eigenvalue weighted by atomic mass is 9.86. The average molecular weight is 449 g/mol. The average Bonchev–Trinajstić information content (AvgIpc) is 2.80. The highest BCUT2D eigenvalue weighted by Gasteiger charge is 2.29. The van der Waals surface area contributed by atoms with E-state index in [1.807, 2.05) is 12.1 Å². The van der Waals surface area contributed by atoms with Crippen molar-refractivity contribution in [3.05, 3.63) is 59.2 Å². The molecule has 2 aromatic carbocycles. The first kappa shape index (κ1) is 22.7. The first-order valence-corrected chi connectivity index (χ1v) is 13.2. The van der Waals surface area contributed by atoms with Crippen molar-refractivity contribution in [2.45, 2.75) is 89.4 Å². The molecule has 1 heterocycles. The number of phenolic OH excluding ortho intramolecular Hbond substituents is 1. The minimum Gasteiger partial charge on any atom is -0.508 e. The van der Waals surface area contributed by atoms with Crippen LogP contribution in [0.15, 0.2) is 42.5 Å². The summed E-state index contributed by atoms with van der Waals surface area (Å²) in [4.78, 5) is 5.32. The van der Waals surface area contributed by atoms with E-state index in [0.717, 1.165) is 69.0 Å². The number of aromatic hydroxyl groups is 1. The van der Waals surface area contributed by atoms with Crippen molar-refractivity contribution < 1.29 is 9.84 Å². The van der Waals surface area contributed by atoms with Gasteiger partial charge in [0.2, 0.25) is 0 Å². The van der Waals surface area contributed by atoms with Crippen molar-refractivity contribution in [2.24, 2.45) is 0 Å². The third-order valence-electron chi connectivity index (χ3n) is 8.14. The molecule has 0 bridgehead atoms. The van der Waals surface area contributed by atoms with E-state index in [1.165, 1.54) is 43.5 Å². The highest BCUT2D eigenvalue weighted by atomic mass is 16.5. The number of nitrogens with zero attached hydrogens (tertiary/aromatic N) is 2. The molecule has 0 radical (unpaired) electrons. The Morgan fingerprint density at radius 1 is 1.00 bits per heavy atom. The maximum atomic E-state index is 10.2. The van der Waals surface area contributed by atoms with Crippen LogP contribution in [0, 0.1) is 0 Å². The Balaban J connectivity index is 1.15. The van der Waals surface area contributed by atoms with Crippen LogP contribution in [0.25, 0.3) is 0 Å². The molecule has 33 heavy (non-hydrogen) atoms. The van der Waals surface area contributed by atoms with E-state index in [-0.39, 0.29) is 0 Å². The molecule has 0 aromatic heterocycles. The molecule has 4 heteroatoms. The van der Waals surface area contributed by atoms with E-state index in [0.29, 0.717) is 17.9 Å². The van der Waals surface area contributed by atoms with Gasteiger partial charge >= 0.3 is 0 Å². The Labute approximate surface area is 199 Å². The minimum absolute atomic E-state index is 0.363. The van der Waals surface area contributed by atoms with Crippen molar-refractivity contribution in [1.29, 1.82) is 0 Å². The summed E-state index contributed by atoms with van der Waals surface area (Å²) in [5, 5.41) is 10.2. The molecule has 1 N–H and O–H groups in total. The summed E-state index contributed by atoms with van der Waals surface area (Å²) in [7, 11) is 0. The third kappa shape index (κ3) is 5.38. The quantitative estimate of drug-likeness (QED) is 0.574. The molecule has 1 aliphatic heterocycles. The largest absolute Gasteiger partial charge is 0.508 e. The lowest BCUT2D eigenvalue weighted by molar-refractivity contribution is 0.0493. The number of hydrogen-bond donors (Lipinski definition) is 1. The molecule has 0 unspecified atom stereocenters. The fraction of sp³-hybridized carbons (Fsp3) is 0.586. The highest BCUT2D eigenvalue weighted by Crippen LogP contribution is 2.32. The monoisotopic (exact) mass is 448 g/mol. The van der Waals surface area contributed by atoms with E-state index < -0.39 is 0 Å². The normalized spacial score (nSPS) is 22.2. The van der Waals surface area contributed by atoms with Gasteiger partial charge in [0.25, 0.3) is 0 Å². The van der Waals surface area contributed by atoms with Gasteiger partial charge in [0.05, 0.1) is 0 Å². The second-order valence-corrected chi connectivity index (χ2v) is 10.4. The first-order chi connectivity index (χ1) is 16.2. The topological polar surface area (TPSA) is 35.9 Å². The van der Waals surface area contributed by atoms with Gasteiger partial charge in [-0.25, -0.2) is 0 Å². The lowest BCUT2D eigenvalue weighted by Gasteiger charge is -2.41. The van der Waals surface area contributed by atoms with Crippen LogP contribution in [0.1, 0.15) is 68.6 Å². The van der Waals surface area contributed by atoms with Gasteiger partial charge in [-0.1, -0.05) is 37.6 Å². The molecule has 1 atom stereocenters. The number of piperidine rings is 1. The predicted molar refractivity (Wildman–Crippen MR) is 134 cm³/mol. The lowest BCUT2D eigenvalue weighted by Crippen LogP contribution is -2.46. The van der Waals surface area contributed by atoms with Crippen molar-refractivity contribution in [2.75, 3.05) is 19.6 Å². The van der Waals surface area contributed by atoms with Gasteiger partial charge in [0, 0.05) is 31.7 Å². The van der Waals surface area contributed by atoms with Crippen LogP contribution in [0.2, 0.25) is 0 Å². The van der Waals surface area contributed by atoms with Gasteiger partial charge < -0.3 is 14.7 Å². The Morgan fingerprint density at radius 3 is 2.48 bits per heavy atom. The molecule has 2 aromatic rings. The van der Waals surface area contributed by atoms with Crippen LogP contribution in [0.4, 0.5) is 0 Å². The number of benzene rings is 2. The summed E-state index contributed by atoms with van der Waals surface area (Å²) >= 11 is 0. The van der Waals surface area contributed by atoms with Gasteiger partial charge in [-0.15, -0.1) is 0 Å². The maximum Gasteiger partial charge on any atom is 0.119 e. The molecule has 0 amide bonds. The van der Waals surface area contributed by atoms with Gasteiger partial charge in [-0.05, 0) is 92.8 Å². The summed E-state index contributed by atoms with van der Waals surface area (Å²) in [6.07, 6.45) is 11.2. The van der Waals surface area contributed by atoms with Crippen LogP contribution < -0.4 is 4.74 Å².